The molecular formula is C24H34IN3O2. The first-order valence-electron chi connectivity index (χ1n) is 11.0. The normalized spacial score (nSPS) is 20.8. The van der Waals surface area contributed by atoms with Crippen molar-refractivity contribution in [1.29, 1.82) is 0 Å². The highest BCUT2D eigenvalue weighted by Gasteiger charge is 2.23. The summed E-state index contributed by atoms with van der Waals surface area (Å²) in [6, 6.07) is 15.0. The fraction of sp³-hybridized carbons (Fsp3) is 0.542. The first-order chi connectivity index (χ1) is 14.3. The molecule has 0 aliphatic carbocycles. The van der Waals surface area contributed by atoms with Crippen molar-refractivity contribution in [2.45, 2.75) is 50.9 Å². The van der Waals surface area contributed by atoms with Crippen LogP contribution in [0.5, 0.6) is 0 Å². The highest BCUT2D eigenvalue weighted by atomic mass is 127. The van der Waals surface area contributed by atoms with Crippen molar-refractivity contribution in [3.05, 3.63) is 48.0 Å². The van der Waals surface area contributed by atoms with Gasteiger partial charge in [-0.3, -0.25) is 4.99 Å². The van der Waals surface area contributed by atoms with Gasteiger partial charge in [-0.15, -0.1) is 24.0 Å². The molecule has 30 heavy (non-hydrogen) atoms. The predicted molar refractivity (Wildman–Crippen MR) is 134 cm³/mol. The number of nitrogens with zero attached hydrogens (tertiary/aromatic N) is 2. The lowest BCUT2D eigenvalue weighted by Gasteiger charge is -2.35. The minimum atomic E-state index is 0. The summed E-state index contributed by atoms with van der Waals surface area (Å²) in [5.41, 5.74) is 1.30. The van der Waals surface area contributed by atoms with Crippen LogP contribution < -0.4 is 5.32 Å². The van der Waals surface area contributed by atoms with Crippen molar-refractivity contribution in [3.63, 3.8) is 0 Å². The molecule has 1 unspecified atom stereocenters. The van der Waals surface area contributed by atoms with Crippen LogP contribution in [0.15, 0.2) is 47.5 Å². The molecular weight excluding hydrogens is 489 g/mol. The molecule has 2 aromatic rings. The molecule has 1 atom stereocenters. The third kappa shape index (κ3) is 6.08. The maximum atomic E-state index is 6.15. The molecule has 2 saturated heterocycles. The van der Waals surface area contributed by atoms with Gasteiger partial charge in [-0.1, -0.05) is 42.5 Å². The monoisotopic (exact) mass is 523 g/mol. The molecule has 2 aliphatic rings. The Kier molecular flexibility index (Phi) is 9.21. The zero-order valence-corrected chi connectivity index (χ0v) is 20.2. The first kappa shape index (κ1) is 23.3. The fourth-order valence-electron chi connectivity index (χ4n) is 4.37. The Morgan fingerprint density at radius 2 is 1.90 bits per heavy atom. The van der Waals surface area contributed by atoms with Crippen LogP contribution in [0.1, 0.15) is 37.7 Å². The van der Waals surface area contributed by atoms with Gasteiger partial charge in [0.25, 0.3) is 0 Å². The topological polar surface area (TPSA) is 46.1 Å². The smallest absolute Gasteiger partial charge is 0.193 e. The SMILES string of the molecule is CN=C(NCc1cccc2ccccc12)N1CCC(OCC2CCCCO2)CC1.I. The van der Waals surface area contributed by atoms with Gasteiger partial charge in [0, 0.05) is 33.3 Å². The third-order valence-electron chi connectivity index (χ3n) is 6.06. The van der Waals surface area contributed by atoms with Crippen LogP contribution in [0.3, 0.4) is 0 Å². The predicted octanol–water partition coefficient (Wildman–Crippen LogP) is 4.58. The molecule has 0 bridgehead atoms. The zero-order valence-electron chi connectivity index (χ0n) is 17.9. The van der Waals surface area contributed by atoms with Gasteiger partial charge in [-0.2, -0.15) is 0 Å². The van der Waals surface area contributed by atoms with Gasteiger partial charge >= 0.3 is 0 Å². The fourth-order valence-corrected chi connectivity index (χ4v) is 4.37. The Balaban J connectivity index is 0.00000256. The average Bonchev–Trinajstić information content (AvgIpc) is 2.79. The molecule has 2 fully saturated rings. The largest absolute Gasteiger partial charge is 0.376 e. The number of likely N-dealkylation sites (tertiary alicyclic amines) is 1. The molecule has 0 saturated carbocycles. The van der Waals surface area contributed by atoms with Gasteiger partial charge in [0.1, 0.15) is 0 Å². The van der Waals surface area contributed by atoms with E-state index in [0.717, 1.165) is 58.1 Å². The lowest BCUT2D eigenvalue weighted by atomic mass is 10.0. The number of aliphatic imine (C=N–C) groups is 1. The molecule has 1 N–H and O–H groups in total. The second kappa shape index (κ2) is 11.9. The summed E-state index contributed by atoms with van der Waals surface area (Å²) in [6.45, 7) is 4.38. The highest BCUT2D eigenvalue weighted by Crippen LogP contribution is 2.20. The van der Waals surface area contributed by atoms with Gasteiger partial charge in [-0.25, -0.2) is 0 Å². The molecule has 164 valence electrons. The van der Waals surface area contributed by atoms with Gasteiger partial charge < -0.3 is 19.7 Å². The van der Waals surface area contributed by atoms with Gasteiger partial charge in [0.05, 0.1) is 18.8 Å². The van der Waals surface area contributed by atoms with E-state index in [0.29, 0.717) is 12.2 Å². The van der Waals surface area contributed by atoms with E-state index in [1.165, 1.54) is 29.2 Å². The van der Waals surface area contributed by atoms with E-state index in [2.05, 4.69) is 57.7 Å². The van der Waals surface area contributed by atoms with Crippen LogP contribution in [0.2, 0.25) is 0 Å². The second-order valence-corrected chi connectivity index (χ2v) is 8.05. The maximum Gasteiger partial charge on any atom is 0.193 e. The Hall–Kier alpha value is -1.38. The van der Waals surface area contributed by atoms with E-state index in [9.17, 15) is 0 Å². The van der Waals surface area contributed by atoms with Crippen molar-refractivity contribution in [3.8, 4) is 0 Å². The summed E-state index contributed by atoms with van der Waals surface area (Å²) in [4.78, 5) is 6.87. The van der Waals surface area contributed by atoms with E-state index in [4.69, 9.17) is 9.47 Å². The van der Waals surface area contributed by atoms with E-state index >= 15 is 0 Å². The summed E-state index contributed by atoms with van der Waals surface area (Å²) in [5, 5.41) is 6.14. The number of hydrogen-bond acceptors (Lipinski definition) is 3. The number of benzene rings is 2. The number of hydrogen-bond donors (Lipinski definition) is 1. The first-order valence-corrected chi connectivity index (χ1v) is 11.0. The van der Waals surface area contributed by atoms with E-state index < -0.39 is 0 Å². The number of halogens is 1. The lowest BCUT2D eigenvalue weighted by Crippen LogP contribution is -2.47. The summed E-state index contributed by atoms with van der Waals surface area (Å²) >= 11 is 0. The Labute approximate surface area is 197 Å². The summed E-state index contributed by atoms with van der Waals surface area (Å²) in [5.74, 6) is 0.979. The Bertz CT molecular complexity index is 810. The molecule has 6 heteroatoms. The Morgan fingerprint density at radius 1 is 1.10 bits per heavy atom. The van der Waals surface area contributed by atoms with Crippen LogP contribution >= 0.6 is 24.0 Å². The third-order valence-corrected chi connectivity index (χ3v) is 6.06. The van der Waals surface area contributed by atoms with E-state index in [-0.39, 0.29) is 24.0 Å². The molecule has 2 heterocycles. The number of fused-ring (bicyclic) bond motifs is 1. The highest BCUT2D eigenvalue weighted by molar-refractivity contribution is 14.0. The number of nitrogens with one attached hydrogen (secondary N) is 1. The van der Waals surface area contributed by atoms with E-state index in [1.807, 2.05) is 7.05 Å². The molecule has 0 amide bonds. The summed E-state index contributed by atoms with van der Waals surface area (Å²) in [6.07, 6.45) is 6.34. The average molecular weight is 523 g/mol. The van der Waals surface area contributed by atoms with Crippen molar-refractivity contribution in [2.24, 2.45) is 4.99 Å². The second-order valence-electron chi connectivity index (χ2n) is 8.05. The quantitative estimate of drug-likeness (QED) is 0.354. The number of ether oxygens (including phenoxy) is 2. The minimum absolute atomic E-state index is 0. The van der Waals surface area contributed by atoms with Gasteiger partial charge in [0.15, 0.2) is 5.96 Å². The molecule has 2 aromatic carbocycles. The molecule has 4 rings (SSSR count). The minimum Gasteiger partial charge on any atom is -0.376 e. The molecule has 0 aromatic heterocycles. The maximum absolute atomic E-state index is 6.15. The van der Waals surface area contributed by atoms with Crippen LogP contribution in [-0.4, -0.2) is 56.4 Å². The van der Waals surface area contributed by atoms with Gasteiger partial charge in [-0.05, 0) is 48.4 Å². The van der Waals surface area contributed by atoms with Crippen LogP contribution in [0, 0.1) is 0 Å². The van der Waals surface area contributed by atoms with Crippen molar-refractivity contribution >= 4 is 40.7 Å². The van der Waals surface area contributed by atoms with Crippen molar-refractivity contribution < 1.29 is 9.47 Å². The summed E-state index contributed by atoms with van der Waals surface area (Å²) < 4.78 is 11.9. The van der Waals surface area contributed by atoms with E-state index in [1.54, 1.807) is 0 Å². The van der Waals surface area contributed by atoms with Gasteiger partial charge in [0.2, 0.25) is 0 Å². The molecule has 0 spiro atoms. The van der Waals surface area contributed by atoms with Crippen molar-refractivity contribution in [1.82, 2.24) is 10.2 Å². The van der Waals surface area contributed by atoms with Crippen molar-refractivity contribution in [2.75, 3.05) is 33.4 Å². The number of guanidine groups is 1. The number of rotatable bonds is 5. The van der Waals surface area contributed by atoms with Crippen LogP contribution in [0.4, 0.5) is 0 Å². The van der Waals surface area contributed by atoms with Crippen LogP contribution in [-0.2, 0) is 16.0 Å². The molecule has 2 aliphatic heterocycles. The zero-order chi connectivity index (χ0) is 19.9. The molecule has 5 nitrogen and oxygen atoms in total. The summed E-state index contributed by atoms with van der Waals surface area (Å²) in [7, 11) is 1.87. The molecule has 0 radical (unpaired) electrons. The number of piperidine rings is 1. The lowest BCUT2D eigenvalue weighted by molar-refractivity contribution is -0.0721. The standard InChI is InChI=1S/C24H33N3O2.HI/c1-25-24(26-17-20-9-6-8-19-7-2-3-11-23(19)20)27-14-12-21(13-15-27)29-18-22-10-4-5-16-28-22;/h2-3,6-9,11,21-22H,4-5,10,12-18H2,1H3,(H,25,26);1H. The van der Waals surface area contributed by atoms with Crippen LogP contribution in [0.25, 0.3) is 10.8 Å². The Morgan fingerprint density at radius 3 is 2.67 bits per heavy atom.